The van der Waals surface area contributed by atoms with Crippen molar-refractivity contribution >= 4 is 0 Å². The molecule has 0 saturated carbocycles. The first-order valence-corrected chi connectivity index (χ1v) is 12.0. The number of rotatable bonds is 13. The van der Waals surface area contributed by atoms with Crippen molar-refractivity contribution in [3.05, 3.63) is 47.5 Å². The van der Waals surface area contributed by atoms with Crippen LogP contribution in [-0.2, 0) is 22.5 Å². The molecule has 2 aromatic carbocycles. The fraction of sp³-hybridized carbons (Fsp3) is 0.571. The number of hydrogen-bond acceptors (Lipinski definition) is 4. The van der Waals surface area contributed by atoms with Gasteiger partial charge in [-0.05, 0) is 97.1 Å². The maximum Gasteiger partial charge on any atom is 0.125 e. The number of benzene rings is 2. The Morgan fingerprint density at radius 2 is 1.09 bits per heavy atom. The van der Waals surface area contributed by atoms with E-state index in [1.54, 1.807) is 0 Å². The van der Waals surface area contributed by atoms with Gasteiger partial charge in [-0.2, -0.15) is 0 Å². The molecular weight excluding hydrogens is 400 g/mol. The Morgan fingerprint density at radius 1 is 0.594 bits per heavy atom. The summed E-state index contributed by atoms with van der Waals surface area (Å²) in [6.45, 7) is 17.8. The molecule has 2 rings (SSSR count). The lowest BCUT2D eigenvalue weighted by atomic mass is 9.99. The average Bonchev–Trinajstić information content (AvgIpc) is 2.70. The van der Waals surface area contributed by atoms with Gasteiger partial charge in [0.15, 0.2) is 0 Å². The van der Waals surface area contributed by atoms with Crippen LogP contribution in [0.5, 0.6) is 11.5 Å². The molecule has 0 N–H and O–H groups in total. The summed E-state index contributed by atoms with van der Waals surface area (Å²) in [5, 5.41) is 0. The van der Waals surface area contributed by atoms with Crippen molar-refractivity contribution in [3.8, 4) is 22.6 Å². The van der Waals surface area contributed by atoms with Gasteiger partial charge >= 0.3 is 0 Å². The summed E-state index contributed by atoms with van der Waals surface area (Å²) < 4.78 is 23.8. The van der Waals surface area contributed by atoms with Crippen LogP contribution in [0.2, 0.25) is 0 Å². The predicted molar refractivity (Wildman–Crippen MR) is 133 cm³/mol. The highest BCUT2D eigenvalue weighted by Crippen LogP contribution is 2.33. The van der Waals surface area contributed by atoms with E-state index in [0.29, 0.717) is 6.61 Å². The van der Waals surface area contributed by atoms with Gasteiger partial charge in [-0.15, -0.1) is 0 Å². The molecule has 0 heterocycles. The number of hydrogen-bond donors (Lipinski definition) is 0. The van der Waals surface area contributed by atoms with Crippen molar-refractivity contribution in [3.63, 3.8) is 0 Å². The Balaban J connectivity index is 2.30. The molecule has 0 spiro atoms. The monoisotopic (exact) mass is 442 g/mol. The average molecular weight is 443 g/mol. The summed E-state index contributed by atoms with van der Waals surface area (Å²) in [7, 11) is 0. The van der Waals surface area contributed by atoms with Crippen molar-refractivity contribution in [2.75, 3.05) is 6.61 Å². The number of ether oxygens (including phenoxy) is 4. The van der Waals surface area contributed by atoms with Gasteiger partial charge in [-0.3, -0.25) is 0 Å². The Kier molecular flexibility index (Phi) is 10.5. The lowest BCUT2D eigenvalue weighted by Gasteiger charge is -2.19. The molecule has 0 aliphatic carbocycles. The van der Waals surface area contributed by atoms with E-state index in [2.05, 4.69) is 64.1 Å². The van der Waals surface area contributed by atoms with Gasteiger partial charge in [-0.1, -0.05) is 24.3 Å². The summed E-state index contributed by atoms with van der Waals surface area (Å²) in [6, 6.07) is 12.9. The summed E-state index contributed by atoms with van der Waals surface area (Å²) in [6.07, 6.45) is 2.56. The van der Waals surface area contributed by atoms with Gasteiger partial charge in [0.1, 0.15) is 11.5 Å². The minimum Gasteiger partial charge on any atom is -0.491 e. The van der Waals surface area contributed by atoms with Crippen LogP contribution in [0, 0.1) is 0 Å². The van der Waals surface area contributed by atoms with Crippen molar-refractivity contribution < 1.29 is 18.9 Å². The highest BCUT2D eigenvalue weighted by molar-refractivity contribution is 5.68. The Labute approximate surface area is 195 Å². The second-order valence-electron chi connectivity index (χ2n) is 9.36. The molecule has 0 aliphatic rings. The first kappa shape index (κ1) is 26.2. The van der Waals surface area contributed by atoms with Gasteiger partial charge < -0.3 is 18.9 Å². The van der Waals surface area contributed by atoms with Crippen LogP contribution in [-0.4, -0.2) is 31.0 Å². The maximum atomic E-state index is 6.18. The third kappa shape index (κ3) is 8.84. The van der Waals surface area contributed by atoms with Gasteiger partial charge in [0, 0.05) is 12.2 Å². The first-order chi connectivity index (χ1) is 15.2. The molecule has 0 saturated heterocycles. The smallest absolute Gasteiger partial charge is 0.125 e. The normalized spacial score (nSPS) is 11.8. The van der Waals surface area contributed by atoms with Crippen LogP contribution >= 0.6 is 0 Å². The summed E-state index contributed by atoms with van der Waals surface area (Å²) in [4.78, 5) is 0. The maximum absolute atomic E-state index is 6.18. The molecule has 0 amide bonds. The van der Waals surface area contributed by atoms with Crippen LogP contribution < -0.4 is 9.47 Å². The molecule has 0 aromatic heterocycles. The molecule has 4 nitrogen and oxygen atoms in total. The zero-order chi connectivity index (χ0) is 23.7. The Morgan fingerprint density at radius 3 is 1.59 bits per heavy atom. The van der Waals surface area contributed by atoms with E-state index in [1.165, 1.54) is 5.56 Å². The molecule has 2 aromatic rings. The van der Waals surface area contributed by atoms with E-state index in [0.717, 1.165) is 47.6 Å². The molecule has 32 heavy (non-hydrogen) atoms. The van der Waals surface area contributed by atoms with Crippen LogP contribution in [0.4, 0.5) is 0 Å². The van der Waals surface area contributed by atoms with Gasteiger partial charge in [0.25, 0.3) is 0 Å². The number of aryl methyl sites for hydroxylation is 1. The highest BCUT2D eigenvalue weighted by atomic mass is 16.5. The fourth-order valence-electron chi connectivity index (χ4n) is 3.36. The second kappa shape index (κ2) is 12.9. The van der Waals surface area contributed by atoms with Crippen LogP contribution in [0.1, 0.15) is 72.9 Å². The van der Waals surface area contributed by atoms with Gasteiger partial charge in [-0.25, -0.2) is 0 Å². The van der Waals surface area contributed by atoms with Gasteiger partial charge in [0.2, 0.25) is 0 Å². The highest BCUT2D eigenvalue weighted by Gasteiger charge is 2.13. The van der Waals surface area contributed by atoms with E-state index in [4.69, 9.17) is 18.9 Å². The molecule has 0 radical (unpaired) electrons. The van der Waals surface area contributed by atoms with E-state index in [-0.39, 0.29) is 24.4 Å². The van der Waals surface area contributed by atoms with E-state index >= 15 is 0 Å². The minimum atomic E-state index is 0.0957. The van der Waals surface area contributed by atoms with Crippen molar-refractivity contribution in [1.82, 2.24) is 0 Å². The summed E-state index contributed by atoms with van der Waals surface area (Å²) in [5.41, 5.74) is 4.51. The van der Waals surface area contributed by atoms with Gasteiger partial charge in [0.05, 0.1) is 31.0 Å². The lowest BCUT2D eigenvalue weighted by molar-refractivity contribution is 0.0634. The lowest BCUT2D eigenvalue weighted by Crippen LogP contribution is -2.10. The zero-order valence-electron chi connectivity index (χ0n) is 21.2. The van der Waals surface area contributed by atoms with Crippen LogP contribution in [0.15, 0.2) is 36.4 Å². The quantitative estimate of drug-likeness (QED) is 0.307. The molecule has 0 fully saturated rings. The third-order valence-electron chi connectivity index (χ3n) is 4.81. The fourth-order valence-corrected chi connectivity index (χ4v) is 3.36. The van der Waals surface area contributed by atoms with Crippen molar-refractivity contribution in [2.24, 2.45) is 0 Å². The Hall–Kier alpha value is -2.04. The largest absolute Gasteiger partial charge is 0.491 e. The zero-order valence-corrected chi connectivity index (χ0v) is 21.2. The standard InChI is InChI=1S/C28H42O4/c1-19(2)29-15-9-10-23-11-12-24(16-27(23)31-21(5)6)25-13-14-26(18-30-20(3)4)28(17-25)32-22(7)8/h11-14,16-17,19-22H,9-10,15,18H2,1-8H3. The third-order valence-corrected chi connectivity index (χ3v) is 4.81. The second-order valence-corrected chi connectivity index (χ2v) is 9.36. The van der Waals surface area contributed by atoms with Crippen molar-refractivity contribution in [1.29, 1.82) is 0 Å². The molecule has 0 unspecified atom stereocenters. The molecule has 0 bridgehead atoms. The van der Waals surface area contributed by atoms with Crippen molar-refractivity contribution in [2.45, 2.75) is 99.3 Å². The molecule has 0 atom stereocenters. The molecule has 4 heteroatoms. The molecule has 0 aliphatic heterocycles. The summed E-state index contributed by atoms with van der Waals surface area (Å²) in [5.74, 6) is 1.82. The van der Waals surface area contributed by atoms with E-state index in [9.17, 15) is 0 Å². The minimum absolute atomic E-state index is 0.0957. The summed E-state index contributed by atoms with van der Waals surface area (Å²) >= 11 is 0. The predicted octanol–water partition coefficient (Wildman–Crippen LogP) is 7.21. The van der Waals surface area contributed by atoms with Crippen LogP contribution in [0.3, 0.4) is 0 Å². The molecular formula is C28H42O4. The first-order valence-electron chi connectivity index (χ1n) is 12.0. The Bertz CT molecular complexity index is 824. The SMILES string of the molecule is CC(C)OCCCc1ccc(-c2ccc(COC(C)C)c(OC(C)C)c2)cc1OC(C)C. The van der Waals surface area contributed by atoms with E-state index < -0.39 is 0 Å². The van der Waals surface area contributed by atoms with E-state index in [1.807, 2.05) is 27.7 Å². The molecule has 178 valence electrons. The topological polar surface area (TPSA) is 36.9 Å². The van der Waals surface area contributed by atoms with Crippen LogP contribution in [0.25, 0.3) is 11.1 Å².